The van der Waals surface area contributed by atoms with Crippen LogP contribution in [0.3, 0.4) is 0 Å². The second-order valence-electron chi connectivity index (χ2n) is 7.36. The van der Waals surface area contributed by atoms with E-state index in [1.165, 1.54) is 7.11 Å². The first-order valence-corrected chi connectivity index (χ1v) is 11.1. The van der Waals surface area contributed by atoms with Crippen LogP contribution in [0.2, 0.25) is 18.1 Å². The SMILES string of the molecule is CCN(C(=O)OC)[C@@H](C)c1ccc(O[Si](C)(C)C(C)(C)C)cc1. The lowest BCUT2D eigenvalue weighted by molar-refractivity contribution is 0.111. The zero-order valence-corrected chi connectivity index (χ0v) is 16.8. The van der Waals surface area contributed by atoms with Gasteiger partial charge in [-0.1, -0.05) is 32.9 Å². The molecule has 130 valence electrons. The first kappa shape index (κ1) is 19.6. The van der Waals surface area contributed by atoms with Crippen LogP contribution in [0.5, 0.6) is 5.75 Å². The first-order chi connectivity index (χ1) is 10.5. The molecule has 1 rings (SSSR count). The number of benzene rings is 1. The van der Waals surface area contributed by atoms with Crippen molar-refractivity contribution in [3.05, 3.63) is 29.8 Å². The molecule has 0 radical (unpaired) electrons. The molecule has 0 spiro atoms. The highest BCUT2D eigenvalue weighted by molar-refractivity contribution is 6.74. The highest BCUT2D eigenvalue weighted by Crippen LogP contribution is 2.37. The third-order valence-corrected chi connectivity index (χ3v) is 9.12. The van der Waals surface area contributed by atoms with E-state index >= 15 is 0 Å². The van der Waals surface area contributed by atoms with Crippen molar-refractivity contribution in [1.29, 1.82) is 0 Å². The molecule has 0 fully saturated rings. The van der Waals surface area contributed by atoms with E-state index < -0.39 is 8.32 Å². The molecule has 23 heavy (non-hydrogen) atoms. The van der Waals surface area contributed by atoms with Gasteiger partial charge in [-0.25, -0.2) is 4.79 Å². The molecule has 1 amide bonds. The molecule has 0 heterocycles. The topological polar surface area (TPSA) is 38.8 Å². The summed E-state index contributed by atoms with van der Waals surface area (Å²) in [5.74, 6) is 0.897. The van der Waals surface area contributed by atoms with E-state index in [1.54, 1.807) is 4.90 Å². The van der Waals surface area contributed by atoms with Crippen molar-refractivity contribution in [2.75, 3.05) is 13.7 Å². The van der Waals surface area contributed by atoms with Crippen molar-refractivity contribution in [1.82, 2.24) is 4.90 Å². The van der Waals surface area contributed by atoms with Crippen molar-refractivity contribution in [3.63, 3.8) is 0 Å². The van der Waals surface area contributed by atoms with E-state index in [4.69, 9.17) is 9.16 Å². The third-order valence-electron chi connectivity index (χ3n) is 4.76. The van der Waals surface area contributed by atoms with Crippen molar-refractivity contribution in [2.45, 2.75) is 58.8 Å². The van der Waals surface area contributed by atoms with Gasteiger partial charge in [0, 0.05) is 6.54 Å². The number of carbonyl (C=O) groups is 1. The minimum atomic E-state index is -1.83. The highest BCUT2D eigenvalue weighted by Gasteiger charge is 2.38. The Hall–Kier alpha value is -1.49. The van der Waals surface area contributed by atoms with Crippen LogP contribution < -0.4 is 4.43 Å². The molecule has 0 aliphatic rings. The monoisotopic (exact) mass is 337 g/mol. The van der Waals surface area contributed by atoms with E-state index in [1.807, 2.05) is 38.1 Å². The standard InChI is InChI=1S/C18H31NO3Si/c1-9-19(17(20)21-6)14(2)15-10-12-16(13-11-15)22-23(7,8)18(3,4)5/h10-14H,9H2,1-8H3/t14-/m0/s1. The summed E-state index contributed by atoms with van der Waals surface area (Å²) in [6, 6.07) is 8.01. The minimum Gasteiger partial charge on any atom is -0.544 e. The number of ether oxygens (including phenoxy) is 1. The predicted molar refractivity (Wildman–Crippen MR) is 97.5 cm³/mol. The van der Waals surface area contributed by atoms with E-state index in [2.05, 4.69) is 33.9 Å². The van der Waals surface area contributed by atoms with Crippen molar-refractivity contribution < 1.29 is 14.0 Å². The maximum Gasteiger partial charge on any atom is 0.409 e. The highest BCUT2D eigenvalue weighted by atomic mass is 28.4. The largest absolute Gasteiger partial charge is 0.544 e. The molecular weight excluding hydrogens is 306 g/mol. The smallest absolute Gasteiger partial charge is 0.409 e. The summed E-state index contributed by atoms with van der Waals surface area (Å²) in [6.07, 6.45) is -0.304. The third kappa shape index (κ3) is 4.74. The Morgan fingerprint density at radius 3 is 2.13 bits per heavy atom. The van der Waals surface area contributed by atoms with Gasteiger partial charge in [-0.2, -0.15) is 0 Å². The number of nitrogens with zero attached hydrogens (tertiary/aromatic N) is 1. The molecule has 0 bridgehead atoms. The molecule has 1 atom stereocenters. The fourth-order valence-electron chi connectivity index (χ4n) is 2.12. The van der Waals surface area contributed by atoms with Crippen molar-refractivity contribution in [2.24, 2.45) is 0 Å². The van der Waals surface area contributed by atoms with Crippen LogP contribution >= 0.6 is 0 Å². The van der Waals surface area contributed by atoms with Crippen LogP contribution in [0.4, 0.5) is 4.79 Å². The molecule has 0 aromatic heterocycles. The molecule has 5 heteroatoms. The van der Waals surface area contributed by atoms with E-state index in [9.17, 15) is 4.79 Å². The number of hydrogen-bond donors (Lipinski definition) is 0. The van der Waals surface area contributed by atoms with Crippen LogP contribution in [0.25, 0.3) is 0 Å². The van der Waals surface area contributed by atoms with E-state index in [-0.39, 0.29) is 17.2 Å². The molecule has 0 aliphatic carbocycles. The van der Waals surface area contributed by atoms with Crippen molar-refractivity contribution in [3.8, 4) is 5.75 Å². The summed E-state index contributed by atoms with van der Waals surface area (Å²) < 4.78 is 11.1. The maximum absolute atomic E-state index is 11.8. The molecular formula is C18H31NO3Si. The molecule has 0 unspecified atom stereocenters. The van der Waals surface area contributed by atoms with Gasteiger partial charge in [0.1, 0.15) is 5.75 Å². The lowest BCUT2D eigenvalue weighted by atomic mass is 10.1. The summed E-state index contributed by atoms with van der Waals surface area (Å²) in [6.45, 7) is 15.7. The molecule has 0 N–H and O–H groups in total. The molecule has 1 aromatic carbocycles. The Morgan fingerprint density at radius 2 is 1.74 bits per heavy atom. The molecule has 0 saturated heterocycles. The van der Waals surface area contributed by atoms with Crippen LogP contribution in [0, 0.1) is 0 Å². The number of amides is 1. The zero-order chi connectivity index (χ0) is 17.8. The number of rotatable bonds is 5. The summed E-state index contributed by atoms with van der Waals surface area (Å²) in [5, 5.41) is 0.170. The van der Waals surface area contributed by atoms with E-state index in [0.717, 1.165) is 11.3 Å². The van der Waals surface area contributed by atoms with Crippen LogP contribution in [-0.4, -0.2) is 33.0 Å². The fraction of sp³-hybridized carbons (Fsp3) is 0.611. The van der Waals surface area contributed by atoms with Gasteiger partial charge < -0.3 is 14.1 Å². The summed E-state index contributed by atoms with van der Waals surface area (Å²) >= 11 is 0. The Labute approximate surface area is 141 Å². The maximum atomic E-state index is 11.8. The predicted octanol–water partition coefficient (Wildman–Crippen LogP) is 5.22. The lowest BCUT2D eigenvalue weighted by Gasteiger charge is -2.36. The Kier molecular flexibility index (Phi) is 6.28. The summed E-state index contributed by atoms with van der Waals surface area (Å²) in [4.78, 5) is 13.5. The van der Waals surface area contributed by atoms with Crippen LogP contribution in [0.1, 0.15) is 46.2 Å². The number of carbonyl (C=O) groups excluding carboxylic acids is 1. The average molecular weight is 338 g/mol. The molecule has 1 aromatic rings. The van der Waals surface area contributed by atoms with Gasteiger partial charge in [0.25, 0.3) is 0 Å². The Bertz CT molecular complexity index is 520. The lowest BCUT2D eigenvalue weighted by Crippen LogP contribution is -2.43. The Morgan fingerprint density at radius 1 is 1.22 bits per heavy atom. The fourth-order valence-corrected chi connectivity index (χ4v) is 3.15. The van der Waals surface area contributed by atoms with Gasteiger partial charge in [-0.15, -0.1) is 0 Å². The first-order valence-electron chi connectivity index (χ1n) is 8.17. The Balaban J connectivity index is 2.90. The van der Waals surface area contributed by atoms with E-state index in [0.29, 0.717) is 6.54 Å². The van der Waals surface area contributed by atoms with Gasteiger partial charge in [-0.3, -0.25) is 0 Å². The number of hydrogen-bond acceptors (Lipinski definition) is 3. The van der Waals surface area contributed by atoms with Gasteiger partial charge in [-0.05, 0) is 49.7 Å². The number of methoxy groups -OCH3 is 1. The summed E-state index contributed by atoms with van der Waals surface area (Å²) in [5.41, 5.74) is 1.07. The van der Waals surface area contributed by atoms with Crippen LogP contribution in [0.15, 0.2) is 24.3 Å². The quantitative estimate of drug-likeness (QED) is 0.691. The van der Waals surface area contributed by atoms with Gasteiger partial charge in [0.2, 0.25) is 8.32 Å². The molecule has 4 nitrogen and oxygen atoms in total. The summed E-state index contributed by atoms with van der Waals surface area (Å²) in [7, 11) is -0.417. The molecule has 0 aliphatic heterocycles. The second kappa shape index (κ2) is 7.38. The van der Waals surface area contributed by atoms with Crippen LogP contribution in [-0.2, 0) is 4.74 Å². The van der Waals surface area contributed by atoms with Gasteiger partial charge >= 0.3 is 6.09 Å². The molecule has 0 saturated carbocycles. The van der Waals surface area contributed by atoms with Gasteiger partial charge in [0.15, 0.2) is 0 Å². The second-order valence-corrected chi connectivity index (χ2v) is 12.1. The average Bonchev–Trinajstić information content (AvgIpc) is 2.46. The zero-order valence-electron chi connectivity index (χ0n) is 15.8. The van der Waals surface area contributed by atoms with Gasteiger partial charge in [0.05, 0.1) is 13.2 Å². The minimum absolute atomic E-state index is 0.0330. The van der Waals surface area contributed by atoms with Crippen molar-refractivity contribution >= 4 is 14.4 Å². The normalized spacial score (nSPS) is 13.4.